The van der Waals surface area contributed by atoms with Gasteiger partial charge in [-0.05, 0) is 38.4 Å². The van der Waals surface area contributed by atoms with Crippen LogP contribution in [0.25, 0.3) is 0 Å². The summed E-state index contributed by atoms with van der Waals surface area (Å²) in [4.78, 5) is 2.67. The highest BCUT2D eigenvalue weighted by molar-refractivity contribution is 4.80. The van der Waals surface area contributed by atoms with Crippen LogP contribution in [0.5, 0.6) is 0 Å². The molecule has 1 heterocycles. The molecule has 0 amide bonds. The van der Waals surface area contributed by atoms with Gasteiger partial charge in [-0.2, -0.15) is 0 Å². The van der Waals surface area contributed by atoms with E-state index in [0.717, 1.165) is 5.92 Å². The standard InChI is InChI=1S/C14H30N2/c1-4-6-7-10-16-11-8-9-15-14(12-16)13(3)5-2/h13-15H,4-12H2,1-3H3. The third-order valence-corrected chi connectivity index (χ3v) is 3.92. The summed E-state index contributed by atoms with van der Waals surface area (Å²) in [6.07, 6.45) is 6.71. The Hall–Kier alpha value is -0.0800. The van der Waals surface area contributed by atoms with Gasteiger partial charge in [-0.25, -0.2) is 0 Å². The second-order valence-corrected chi connectivity index (χ2v) is 5.31. The summed E-state index contributed by atoms with van der Waals surface area (Å²) < 4.78 is 0. The lowest BCUT2D eigenvalue weighted by Crippen LogP contribution is -2.42. The van der Waals surface area contributed by atoms with Crippen LogP contribution in [0.3, 0.4) is 0 Å². The number of hydrogen-bond acceptors (Lipinski definition) is 2. The van der Waals surface area contributed by atoms with Crippen molar-refractivity contribution in [1.82, 2.24) is 10.2 Å². The molecule has 1 rings (SSSR count). The zero-order valence-electron chi connectivity index (χ0n) is 11.5. The lowest BCUT2D eigenvalue weighted by Gasteiger charge is -2.28. The Labute approximate surface area is 102 Å². The SMILES string of the molecule is CCCCCN1CCCNC(C(C)CC)C1. The van der Waals surface area contributed by atoms with E-state index in [4.69, 9.17) is 0 Å². The molecule has 16 heavy (non-hydrogen) atoms. The molecule has 1 N–H and O–H groups in total. The molecule has 2 nitrogen and oxygen atoms in total. The van der Waals surface area contributed by atoms with Crippen molar-refractivity contribution >= 4 is 0 Å². The average Bonchev–Trinajstić information content (AvgIpc) is 2.54. The summed E-state index contributed by atoms with van der Waals surface area (Å²) in [6, 6.07) is 0.717. The molecule has 2 unspecified atom stereocenters. The normalized spacial score (nSPS) is 25.3. The van der Waals surface area contributed by atoms with E-state index in [2.05, 4.69) is 31.0 Å². The average molecular weight is 226 g/mol. The van der Waals surface area contributed by atoms with Gasteiger partial charge in [0.15, 0.2) is 0 Å². The first-order chi connectivity index (χ1) is 7.77. The zero-order chi connectivity index (χ0) is 11.8. The lowest BCUT2D eigenvalue weighted by atomic mass is 9.99. The van der Waals surface area contributed by atoms with E-state index in [1.807, 2.05) is 0 Å². The molecule has 0 radical (unpaired) electrons. The van der Waals surface area contributed by atoms with E-state index >= 15 is 0 Å². The fraction of sp³-hybridized carbons (Fsp3) is 1.00. The molecule has 0 aromatic rings. The van der Waals surface area contributed by atoms with Crippen LogP contribution in [-0.4, -0.2) is 37.1 Å². The van der Waals surface area contributed by atoms with Crippen molar-refractivity contribution in [3.63, 3.8) is 0 Å². The molecule has 2 heteroatoms. The molecule has 1 saturated heterocycles. The molecule has 96 valence electrons. The van der Waals surface area contributed by atoms with Crippen molar-refractivity contribution in [1.29, 1.82) is 0 Å². The Balaban J connectivity index is 2.33. The Bertz CT molecular complexity index is 170. The minimum atomic E-state index is 0.717. The maximum atomic E-state index is 3.71. The van der Waals surface area contributed by atoms with E-state index in [0.29, 0.717) is 6.04 Å². The van der Waals surface area contributed by atoms with Crippen LogP contribution in [0, 0.1) is 5.92 Å². The largest absolute Gasteiger partial charge is 0.312 e. The summed E-state index contributed by atoms with van der Waals surface area (Å²) in [5.41, 5.74) is 0. The van der Waals surface area contributed by atoms with E-state index in [1.54, 1.807) is 0 Å². The summed E-state index contributed by atoms with van der Waals surface area (Å²) in [6.45, 7) is 12.0. The van der Waals surface area contributed by atoms with E-state index in [9.17, 15) is 0 Å². The number of rotatable bonds is 6. The third-order valence-electron chi connectivity index (χ3n) is 3.92. The Kier molecular flexibility index (Phi) is 7.06. The van der Waals surface area contributed by atoms with Gasteiger partial charge in [-0.1, -0.05) is 40.0 Å². The smallest absolute Gasteiger partial charge is 0.0220 e. The minimum absolute atomic E-state index is 0.717. The molecule has 0 spiro atoms. The van der Waals surface area contributed by atoms with Gasteiger partial charge in [-0.15, -0.1) is 0 Å². The first-order valence-corrected chi connectivity index (χ1v) is 7.23. The molecule has 2 atom stereocenters. The maximum absolute atomic E-state index is 3.71. The number of nitrogens with one attached hydrogen (secondary N) is 1. The number of nitrogens with zero attached hydrogens (tertiary/aromatic N) is 1. The Morgan fingerprint density at radius 2 is 2.12 bits per heavy atom. The van der Waals surface area contributed by atoms with Gasteiger partial charge in [0, 0.05) is 12.6 Å². The lowest BCUT2D eigenvalue weighted by molar-refractivity contribution is 0.234. The highest BCUT2D eigenvalue weighted by Gasteiger charge is 2.20. The molecule has 0 aromatic heterocycles. The van der Waals surface area contributed by atoms with Crippen LogP contribution in [0.4, 0.5) is 0 Å². The van der Waals surface area contributed by atoms with Crippen molar-refractivity contribution < 1.29 is 0 Å². The van der Waals surface area contributed by atoms with Gasteiger partial charge in [0.25, 0.3) is 0 Å². The highest BCUT2D eigenvalue weighted by atomic mass is 15.2. The minimum Gasteiger partial charge on any atom is -0.312 e. The second kappa shape index (κ2) is 8.08. The quantitative estimate of drug-likeness (QED) is 0.701. The summed E-state index contributed by atoms with van der Waals surface area (Å²) in [5.74, 6) is 0.812. The fourth-order valence-electron chi connectivity index (χ4n) is 2.48. The van der Waals surface area contributed by atoms with Crippen LogP contribution in [-0.2, 0) is 0 Å². The summed E-state index contributed by atoms with van der Waals surface area (Å²) >= 11 is 0. The van der Waals surface area contributed by atoms with Gasteiger partial charge in [0.05, 0.1) is 0 Å². The van der Waals surface area contributed by atoms with Crippen molar-refractivity contribution in [3.8, 4) is 0 Å². The molecule has 1 fully saturated rings. The molecule has 1 aliphatic heterocycles. The van der Waals surface area contributed by atoms with Crippen LogP contribution in [0.2, 0.25) is 0 Å². The molecule has 1 aliphatic rings. The van der Waals surface area contributed by atoms with Gasteiger partial charge < -0.3 is 10.2 Å². The van der Waals surface area contributed by atoms with Crippen molar-refractivity contribution in [2.75, 3.05) is 26.2 Å². The molecular weight excluding hydrogens is 196 g/mol. The van der Waals surface area contributed by atoms with Gasteiger partial charge in [-0.3, -0.25) is 0 Å². The maximum Gasteiger partial charge on any atom is 0.0220 e. The van der Waals surface area contributed by atoms with Crippen LogP contribution in [0.1, 0.15) is 52.9 Å². The first kappa shape index (κ1) is 14.0. The monoisotopic (exact) mass is 226 g/mol. The fourth-order valence-corrected chi connectivity index (χ4v) is 2.48. The van der Waals surface area contributed by atoms with E-state index in [-0.39, 0.29) is 0 Å². The van der Waals surface area contributed by atoms with Gasteiger partial charge in [0.2, 0.25) is 0 Å². The first-order valence-electron chi connectivity index (χ1n) is 7.23. The molecule has 0 aliphatic carbocycles. The molecular formula is C14H30N2. The van der Waals surface area contributed by atoms with Crippen molar-refractivity contribution in [3.05, 3.63) is 0 Å². The summed E-state index contributed by atoms with van der Waals surface area (Å²) in [5, 5.41) is 3.71. The highest BCUT2D eigenvalue weighted by Crippen LogP contribution is 2.13. The van der Waals surface area contributed by atoms with Gasteiger partial charge >= 0.3 is 0 Å². The molecule has 0 aromatic carbocycles. The van der Waals surface area contributed by atoms with Crippen molar-refractivity contribution in [2.45, 2.75) is 58.9 Å². The topological polar surface area (TPSA) is 15.3 Å². The Morgan fingerprint density at radius 1 is 1.31 bits per heavy atom. The Morgan fingerprint density at radius 3 is 2.81 bits per heavy atom. The molecule has 0 bridgehead atoms. The van der Waals surface area contributed by atoms with Crippen LogP contribution in [0.15, 0.2) is 0 Å². The second-order valence-electron chi connectivity index (χ2n) is 5.31. The zero-order valence-corrected chi connectivity index (χ0v) is 11.5. The predicted molar refractivity (Wildman–Crippen MR) is 71.8 cm³/mol. The number of unbranched alkanes of at least 4 members (excludes halogenated alkanes) is 2. The van der Waals surface area contributed by atoms with Crippen molar-refractivity contribution in [2.24, 2.45) is 5.92 Å². The van der Waals surface area contributed by atoms with Crippen LogP contribution < -0.4 is 5.32 Å². The summed E-state index contributed by atoms with van der Waals surface area (Å²) in [7, 11) is 0. The van der Waals surface area contributed by atoms with Crippen LogP contribution >= 0.6 is 0 Å². The predicted octanol–water partition coefficient (Wildman–Crippen LogP) is 2.89. The van der Waals surface area contributed by atoms with E-state index < -0.39 is 0 Å². The van der Waals surface area contributed by atoms with E-state index in [1.165, 1.54) is 58.3 Å². The van der Waals surface area contributed by atoms with Gasteiger partial charge in [0.1, 0.15) is 0 Å². The number of hydrogen-bond donors (Lipinski definition) is 1. The molecule has 0 saturated carbocycles. The third kappa shape index (κ3) is 4.84.